The maximum Gasteiger partial charge on any atom is 0.0958 e. The first-order valence-electron chi connectivity index (χ1n) is 4.68. The van der Waals surface area contributed by atoms with Crippen LogP contribution >= 0.6 is 0 Å². The van der Waals surface area contributed by atoms with Gasteiger partial charge in [-0.25, -0.2) is 0 Å². The number of rotatable bonds is 3. The van der Waals surface area contributed by atoms with Crippen molar-refractivity contribution in [2.75, 3.05) is 19.7 Å². The minimum absolute atomic E-state index is 0.192. The molecule has 0 unspecified atom stereocenters. The van der Waals surface area contributed by atoms with Crippen LogP contribution in [0.1, 0.15) is 20.8 Å². The second-order valence-electron chi connectivity index (χ2n) is 3.50. The molecule has 0 amide bonds. The van der Waals surface area contributed by atoms with Gasteiger partial charge in [0, 0.05) is 13.1 Å². The Bertz CT molecular complexity index is 122. The summed E-state index contributed by atoms with van der Waals surface area (Å²) in [6.07, 6.45) is 0.699. The van der Waals surface area contributed by atoms with Gasteiger partial charge in [0.2, 0.25) is 0 Å². The van der Waals surface area contributed by atoms with Crippen LogP contribution in [0.3, 0.4) is 0 Å². The summed E-state index contributed by atoms with van der Waals surface area (Å²) in [4.78, 5) is 0. The molecule has 1 N–H and O–H groups in total. The lowest BCUT2D eigenvalue weighted by Crippen LogP contribution is -2.45. The zero-order valence-electron chi connectivity index (χ0n) is 8.17. The Morgan fingerprint density at radius 2 is 2.17 bits per heavy atom. The van der Waals surface area contributed by atoms with Crippen molar-refractivity contribution < 1.29 is 9.47 Å². The van der Waals surface area contributed by atoms with E-state index >= 15 is 0 Å². The lowest BCUT2D eigenvalue weighted by atomic mass is 10.2. The minimum Gasteiger partial charge on any atom is -0.373 e. The molecule has 0 saturated carbocycles. The van der Waals surface area contributed by atoms with Gasteiger partial charge in [-0.2, -0.15) is 0 Å². The Balaban J connectivity index is 2.24. The molecule has 3 nitrogen and oxygen atoms in total. The average molecular weight is 173 g/mol. The van der Waals surface area contributed by atoms with Crippen molar-refractivity contribution >= 4 is 0 Å². The van der Waals surface area contributed by atoms with Crippen LogP contribution in [0.2, 0.25) is 0 Å². The van der Waals surface area contributed by atoms with Crippen molar-refractivity contribution in [2.45, 2.75) is 39.1 Å². The molecule has 2 atom stereocenters. The molecule has 72 valence electrons. The van der Waals surface area contributed by atoms with Gasteiger partial charge in [-0.1, -0.05) is 0 Å². The zero-order valence-corrected chi connectivity index (χ0v) is 8.17. The Morgan fingerprint density at radius 1 is 1.42 bits per heavy atom. The van der Waals surface area contributed by atoms with E-state index in [1.54, 1.807) is 0 Å². The smallest absolute Gasteiger partial charge is 0.0958 e. The largest absolute Gasteiger partial charge is 0.373 e. The lowest BCUT2D eigenvalue weighted by molar-refractivity contribution is -0.0938. The molecule has 0 aromatic rings. The van der Waals surface area contributed by atoms with Gasteiger partial charge >= 0.3 is 0 Å². The molecule has 3 heteroatoms. The van der Waals surface area contributed by atoms with Gasteiger partial charge in [0.15, 0.2) is 0 Å². The third-order valence-electron chi connectivity index (χ3n) is 1.97. The van der Waals surface area contributed by atoms with Crippen LogP contribution in [0.15, 0.2) is 0 Å². The molecule has 0 bridgehead atoms. The van der Waals surface area contributed by atoms with Gasteiger partial charge in [-0.15, -0.1) is 0 Å². The molecule has 1 fully saturated rings. The number of morpholine rings is 1. The van der Waals surface area contributed by atoms with Gasteiger partial charge < -0.3 is 14.8 Å². The molecule has 1 heterocycles. The summed E-state index contributed by atoms with van der Waals surface area (Å²) >= 11 is 0. The van der Waals surface area contributed by atoms with Crippen molar-refractivity contribution in [3.63, 3.8) is 0 Å². The summed E-state index contributed by atoms with van der Waals surface area (Å²) in [5.41, 5.74) is 0. The highest BCUT2D eigenvalue weighted by atomic mass is 16.5. The van der Waals surface area contributed by atoms with E-state index in [9.17, 15) is 0 Å². The van der Waals surface area contributed by atoms with E-state index in [-0.39, 0.29) is 18.3 Å². The Labute approximate surface area is 74.4 Å². The van der Waals surface area contributed by atoms with Gasteiger partial charge in [0.1, 0.15) is 0 Å². The highest BCUT2D eigenvalue weighted by Gasteiger charge is 2.21. The highest BCUT2D eigenvalue weighted by Crippen LogP contribution is 2.07. The molecule has 0 radical (unpaired) electrons. The minimum atomic E-state index is 0.192. The van der Waals surface area contributed by atoms with E-state index in [4.69, 9.17) is 9.47 Å². The average Bonchev–Trinajstić information content (AvgIpc) is 2.05. The van der Waals surface area contributed by atoms with E-state index in [0.717, 1.165) is 19.7 Å². The molecule has 0 spiro atoms. The number of ether oxygens (including phenoxy) is 2. The zero-order chi connectivity index (χ0) is 8.97. The maximum absolute atomic E-state index is 5.62. The third kappa shape index (κ3) is 3.09. The fraction of sp³-hybridized carbons (Fsp3) is 1.00. The Kier molecular flexibility index (Phi) is 3.98. The third-order valence-corrected chi connectivity index (χ3v) is 1.97. The summed E-state index contributed by atoms with van der Waals surface area (Å²) in [6.45, 7) is 8.84. The lowest BCUT2D eigenvalue weighted by Gasteiger charge is -2.29. The summed E-state index contributed by atoms with van der Waals surface area (Å²) in [5, 5.41) is 3.28. The van der Waals surface area contributed by atoms with Gasteiger partial charge in [-0.3, -0.25) is 0 Å². The van der Waals surface area contributed by atoms with E-state index in [1.807, 2.05) is 13.8 Å². The van der Waals surface area contributed by atoms with Crippen LogP contribution in [0.25, 0.3) is 0 Å². The van der Waals surface area contributed by atoms with Crippen LogP contribution in [0.5, 0.6) is 0 Å². The van der Waals surface area contributed by atoms with Crippen LogP contribution in [-0.4, -0.2) is 38.0 Å². The van der Waals surface area contributed by atoms with Crippen LogP contribution in [-0.2, 0) is 9.47 Å². The molecular formula is C9H19NO2. The van der Waals surface area contributed by atoms with E-state index < -0.39 is 0 Å². The molecule has 0 aromatic heterocycles. The topological polar surface area (TPSA) is 30.5 Å². The molecule has 0 aromatic carbocycles. The van der Waals surface area contributed by atoms with Crippen molar-refractivity contribution in [3.05, 3.63) is 0 Å². The highest BCUT2D eigenvalue weighted by molar-refractivity contribution is 4.73. The quantitative estimate of drug-likeness (QED) is 0.684. The van der Waals surface area contributed by atoms with Gasteiger partial charge in [0.05, 0.1) is 24.9 Å². The van der Waals surface area contributed by atoms with Crippen LogP contribution in [0, 0.1) is 0 Å². The first-order valence-corrected chi connectivity index (χ1v) is 4.68. The summed E-state index contributed by atoms with van der Waals surface area (Å²) in [7, 11) is 0. The predicted molar refractivity (Wildman–Crippen MR) is 48.3 cm³/mol. The van der Waals surface area contributed by atoms with Crippen LogP contribution < -0.4 is 5.32 Å². The predicted octanol–water partition coefficient (Wildman–Crippen LogP) is 0.788. The fourth-order valence-corrected chi connectivity index (χ4v) is 1.40. The second kappa shape index (κ2) is 4.80. The molecule has 1 rings (SSSR count). The van der Waals surface area contributed by atoms with Crippen molar-refractivity contribution in [3.8, 4) is 0 Å². The molecule has 12 heavy (non-hydrogen) atoms. The molecule has 1 aliphatic heterocycles. The molecule has 1 aliphatic rings. The number of hydrogen-bond donors (Lipinski definition) is 1. The SMILES string of the molecule is CC(C)O[C@@H](C)[C@@H]1CNCCO1. The van der Waals surface area contributed by atoms with E-state index in [0.29, 0.717) is 0 Å². The maximum atomic E-state index is 5.62. The first kappa shape index (κ1) is 9.96. The Hall–Kier alpha value is -0.120. The van der Waals surface area contributed by atoms with E-state index in [2.05, 4.69) is 12.2 Å². The van der Waals surface area contributed by atoms with Crippen molar-refractivity contribution in [1.82, 2.24) is 5.32 Å². The summed E-state index contributed by atoms with van der Waals surface area (Å²) in [5.74, 6) is 0. The molecular weight excluding hydrogens is 154 g/mol. The van der Waals surface area contributed by atoms with Gasteiger partial charge in [0.25, 0.3) is 0 Å². The summed E-state index contributed by atoms with van der Waals surface area (Å²) in [6, 6.07) is 0. The number of nitrogens with one attached hydrogen (secondary N) is 1. The monoisotopic (exact) mass is 173 g/mol. The van der Waals surface area contributed by atoms with Gasteiger partial charge in [-0.05, 0) is 20.8 Å². The summed E-state index contributed by atoms with van der Waals surface area (Å²) < 4.78 is 11.2. The van der Waals surface area contributed by atoms with Crippen LogP contribution in [0.4, 0.5) is 0 Å². The Morgan fingerprint density at radius 3 is 2.67 bits per heavy atom. The standard InChI is InChI=1S/C9H19NO2/c1-7(2)12-8(3)9-6-10-4-5-11-9/h7-10H,4-6H2,1-3H3/t8-,9-/m0/s1. The van der Waals surface area contributed by atoms with E-state index in [1.165, 1.54) is 0 Å². The normalized spacial score (nSPS) is 27.5. The van der Waals surface area contributed by atoms with Crippen molar-refractivity contribution in [2.24, 2.45) is 0 Å². The number of hydrogen-bond acceptors (Lipinski definition) is 3. The fourth-order valence-electron chi connectivity index (χ4n) is 1.40. The molecule has 1 saturated heterocycles. The van der Waals surface area contributed by atoms with Crippen molar-refractivity contribution in [1.29, 1.82) is 0 Å². The second-order valence-corrected chi connectivity index (χ2v) is 3.50. The first-order chi connectivity index (χ1) is 5.70. The molecule has 0 aliphatic carbocycles.